The van der Waals surface area contributed by atoms with Gasteiger partial charge in [0.2, 0.25) is 0 Å². The molecule has 0 heterocycles. The first kappa shape index (κ1) is 22.3. The highest BCUT2D eigenvalue weighted by molar-refractivity contribution is 6.23. The molecule has 0 saturated heterocycles. The summed E-state index contributed by atoms with van der Waals surface area (Å²) in [6.45, 7) is 8.95. The molecule has 0 aromatic carbocycles. The maximum Gasteiger partial charge on any atom is 0.0418 e. The largest absolute Gasteiger partial charge is 0.120 e. The molecule has 0 bridgehead atoms. The van der Waals surface area contributed by atoms with Gasteiger partial charge in [-0.25, -0.2) is 0 Å². The summed E-state index contributed by atoms with van der Waals surface area (Å²) in [5, 5.41) is 0. The Labute approximate surface area is 146 Å². The highest BCUT2D eigenvalue weighted by Crippen LogP contribution is 2.32. The molecule has 0 aliphatic heterocycles. The van der Waals surface area contributed by atoms with E-state index in [-0.39, 0.29) is 4.87 Å². The van der Waals surface area contributed by atoms with Crippen LogP contribution in [-0.4, -0.2) is 4.87 Å². The minimum atomic E-state index is -0.0201. The molecule has 0 aromatic heterocycles. The van der Waals surface area contributed by atoms with Crippen molar-refractivity contribution in [2.75, 3.05) is 0 Å². The minimum Gasteiger partial charge on any atom is -0.120 e. The van der Waals surface area contributed by atoms with E-state index in [4.69, 9.17) is 11.6 Å². The first-order valence-electron chi connectivity index (χ1n) is 10.2. The molecule has 0 aliphatic carbocycles. The average molecular weight is 331 g/mol. The van der Waals surface area contributed by atoms with Gasteiger partial charge in [0, 0.05) is 4.87 Å². The monoisotopic (exact) mass is 330 g/mol. The van der Waals surface area contributed by atoms with Crippen LogP contribution >= 0.6 is 11.6 Å². The van der Waals surface area contributed by atoms with E-state index in [1.165, 1.54) is 96.3 Å². The zero-order valence-corrected chi connectivity index (χ0v) is 16.8. The Morgan fingerprint density at radius 3 is 1.36 bits per heavy atom. The molecule has 0 rings (SSSR count). The number of halogens is 1. The second-order valence-electron chi connectivity index (χ2n) is 7.73. The van der Waals surface area contributed by atoms with Crippen LogP contribution in [0, 0.1) is 5.92 Å². The fraction of sp³-hybridized carbons (Fsp3) is 1.00. The highest BCUT2D eigenvalue weighted by Gasteiger charge is 2.25. The lowest BCUT2D eigenvalue weighted by atomic mass is 9.86. The van der Waals surface area contributed by atoms with E-state index >= 15 is 0 Å². The van der Waals surface area contributed by atoms with Gasteiger partial charge in [-0.2, -0.15) is 0 Å². The van der Waals surface area contributed by atoms with Gasteiger partial charge < -0.3 is 0 Å². The fourth-order valence-corrected chi connectivity index (χ4v) is 3.63. The summed E-state index contributed by atoms with van der Waals surface area (Å²) >= 11 is 6.52. The third-order valence-corrected chi connectivity index (χ3v) is 5.32. The lowest BCUT2D eigenvalue weighted by Crippen LogP contribution is -2.24. The SMILES string of the molecule is CCCCCCCCCCCCCCC(CCC)C(C)(C)Cl. The number of hydrogen-bond acceptors (Lipinski definition) is 0. The Balaban J connectivity index is 3.35. The van der Waals surface area contributed by atoms with Gasteiger partial charge in [0.15, 0.2) is 0 Å². The van der Waals surface area contributed by atoms with E-state index in [1.54, 1.807) is 0 Å². The van der Waals surface area contributed by atoms with Crippen molar-refractivity contribution < 1.29 is 0 Å². The second-order valence-corrected chi connectivity index (χ2v) is 8.70. The predicted octanol–water partition coefficient (Wildman–Crippen LogP) is 8.51. The number of alkyl halides is 1. The van der Waals surface area contributed by atoms with Crippen LogP contribution in [0.25, 0.3) is 0 Å². The number of hydrogen-bond donors (Lipinski definition) is 0. The molecule has 0 N–H and O–H groups in total. The Bertz CT molecular complexity index is 216. The Morgan fingerprint density at radius 2 is 1.00 bits per heavy atom. The van der Waals surface area contributed by atoms with Gasteiger partial charge in [0.05, 0.1) is 0 Å². The van der Waals surface area contributed by atoms with E-state index in [0.29, 0.717) is 5.92 Å². The molecule has 0 radical (unpaired) electrons. The Morgan fingerprint density at radius 1 is 0.591 bits per heavy atom. The van der Waals surface area contributed by atoms with Crippen LogP contribution in [-0.2, 0) is 0 Å². The van der Waals surface area contributed by atoms with Gasteiger partial charge in [-0.15, -0.1) is 11.6 Å². The van der Waals surface area contributed by atoms with Crippen LogP contribution in [0.2, 0.25) is 0 Å². The molecule has 0 aliphatic rings. The van der Waals surface area contributed by atoms with Crippen molar-refractivity contribution in [2.45, 2.75) is 129 Å². The van der Waals surface area contributed by atoms with Gasteiger partial charge in [-0.05, 0) is 32.6 Å². The van der Waals surface area contributed by atoms with Crippen molar-refractivity contribution in [1.29, 1.82) is 0 Å². The maximum atomic E-state index is 6.52. The first-order valence-corrected chi connectivity index (χ1v) is 10.6. The summed E-state index contributed by atoms with van der Waals surface area (Å²) in [4.78, 5) is -0.0201. The minimum absolute atomic E-state index is 0.0201. The van der Waals surface area contributed by atoms with Crippen LogP contribution in [0.1, 0.15) is 124 Å². The van der Waals surface area contributed by atoms with E-state index in [2.05, 4.69) is 27.7 Å². The van der Waals surface area contributed by atoms with Crippen LogP contribution in [0.4, 0.5) is 0 Å². The van der Waals surface area contributed by atoms with Gasteiger partial charge in [0.1, 0.15) is 0 Å². The molecule has 0 amide bonds. The van der Waals surface area contributed by atoms with Gasteiger partial charge in [-0.1, -0.05) is 97.3 Å². The van der Waals surface area contributed by atoms with Gasteiger partial charge in [0.25, 0.3) is 0 Å². The van der Waals surface area contributed by atoms with Crippen molar-refractivity contribution in [3.05, 3.63) is 0 Å². The predicted molar refractivity (Wildman–Crippen MR) is 104 cm³/mol. The lowest BCUT2D eigenvalue weighted by Gasteiger charge is -2.28. The summed E-state index contributed by atoms with van der Waals surface area (Å²) < 4.78 is 0. The topological polar surface area (TPSA) is 0 Å². The summed E-state index contributed by atoms with van der Waals surface area (Å²) in [5.74, 6) is 0.697. The van der Waals surface area contributed by atoms with Gasteiger partial charge >= 0.3 is 0 Å². The van der Waals surface area contributed by atoms with Gasteiger partial charge in [-0.3, -0.25) is 0 Å². The molecule has 0 nitrogen and oxygen atoms in total. The van der Waals surface area contributed by atoms with Crippen molar-refractivity contribution >= 4 is 11.6 Å². The summed E-state index contributed by atoms with van der Waals surface area (Å²) in [6, 6.07) is 0. The average Bonchev–Trinajstić information content (AvgIpc) is 2.46. The number of rotatable bonds is 16. The third kappa shape index (κ3) is 13.9. The molecule has 0 spiro atoms. The van der Waals surface area contributed by atoms with E-state index in [9.17, 15) is 0 Å². The zero-order valence-electron chi connectivity index (χ0n) is 16.1. The van der Waals surface area contributed by atoms with E-state index < -0.39 is 0 Å². The van der Waals surface area contributed by atoms with Crippen LogP contribution in [0.15, 0.2) is 0 Å². The van der Waals surface area contributed by atoms with Crippen LogP contribution in [0.3, 0.4) is 0 Å². The fourth-order valence-electron chi connectivity index (χ4n) is 3.41. The lowest BCUT2D eigenvalue weighted by molar-refractivity contribution is 0.344. The molecule has 1 unspecified atom stereocenters. The summed E-state index contributed by atoms with van der Waals surface area (Å²) in [7, 11) is 0. The molecular weight excluding hydrogens is 288 g/mol. The molecule has 1 atom stereocenters. The van der Waals surface area contributed by atoms with Crippen LogP contribution in [0.5, 0.6) is 0 Å². The molecule has 22 heavy (non-hydrogen) atoms. The number of unbranched alkanes of at least 4 members (excludes halogenated alkanes) is 11. The molecule has 0 saturated carbocycles. The summed E-state index contributed by atoms with van der Waals surface area (Å²) in [5.41, 5.74) is 0. The molecule has 1 heteroatoms. The van der Waals surface area contributed by atoms with Crippen molar-refractivity contribution in [3.8, 4) is 0 Å². The van der Waals surface area contributed by atoms with Crippen molar-refractivity contribution in [3.63, 3.8) is 0 Å². The highest BCUT2D eigenvalue weighted by atomic mass is 35.5. The second kappa shape index (κ2) is 14.9. The quantitative estimate of drug-likeness (QED) is 0.196. The van der Waals surface area contributed by atoms with E-state index in [0.717, 1.165) is 0 Å². The molecule has 0 fully saturated rings. The normalized spacial score (nSPS) is 13.5. The third-order valence-electron chi connectivity index (χ3n) is 5.01. The van der Waals surface area contributed by atoms with Crippen molar-refractivity contribution in [2.24, 2.45) is 5.92 Å². The Hall–Kier alpha value is 0.290. The molecule has 0 aromatic rings. The smallest absolute Gasteiger partial charge is 0.0418 e. The van der Waals surface area contributed by atoms with Crippen LogP contribution < -0.4 is 0 Å². The summed E-state index contributed by atoms with van der Waals surface area (Å²) in [6.07, 6.45) is 21.1. The Kier molecular flexibility index (Phi) is 15.1. The zero-order chi connectivity index (χ0) is 16.7. The van der Waals surface area contributed by atoms with Crippen molar-refractivity contribution in [1.82, 2.24) is 0 Å². The maximum absolute atomic E-state index is 6.52. The molecule has 134 valence electrons. The first-order chi connectivity index (χ1) is 10.5. The van der Waals surface area contributed by atoms with E-state index in [1.807, 2.05) is 0 Å². The standard InChI is InChI=1S/C21H43Cl/c1-5-7-8-9-10-11-12-13-14-15-16-17-19-20(18-6-2)21(3,4)22/h20H,5-19H2,1-4H3. The molecular formula is C21H43Cl.